The summed E-state index contributed by atoms with van der Waals surface area (Å²) in [6.07, 6.45) is 5.03. The summed E-state index contributed by atoms with van der Waals surface area (Å²) in [5, 5.41) is 3.34. The van der Waals surface area contributed by atoms with Crippen molar-refractivity contribution in [2.24, 2.45) is 0 Å². The zero-order chi connectivity index (χ0) is 11.9. The van der Waals surface area contributed by atoms with E-state index >= 15 is 0 Å². The van der Waals surface area contributed by atoms with Crippen molar-refractivity contribution in [3.8, 4) is 0 Å². The molecule has 0 aromatic carbocycles. The molecule has 3 heteroatoms. The molecule has 0 radical (unpaired) electrons. The Labute approximate surface area is 99.9 Å². The number of nitrogens with one attached hydrogen (secondary N) is 1. The van der Waals surface area contributed by atoms with Crippen LogP contribution >= 0.6 is 0 Å². The summed E-state index contributed by atoms with van der Waals surface area (Å²) < 4.78 is 11.5. The molecular weight excluding hydrogens is 202 g/mol. The summed E-state index contributed by atoms with van der Waals surface area (Å²) in [5.74, 6) is 0. The lowest BCUT2D eigenvalue weighted by molar-refractivity contribution is -0.0125. The Kier molecular flexibility index (Phi) is 6.32. The fourth-order valence-corrected chi connectivity index (χ4v) is 1.79. The van der Waals surface area contributed by atoms with Crippen molar-refractivity contribution in [1.29, 1.82) is 0 Å². The Morgan fingerprint density at radius 1 is 1.06 bits per heavy atom. The topological polar surface area (TPSA) is 30.5 Å². The summed E-state index contributed by atoms with van der Waals surface area (Å²) in [6.45, 7) is 10.2. The molecule has 1 rings (SSSR count). The Balaban J connectivity index is 1.87. The van der Waals surface area contributed by atoms with Crippen molar-refractivity contribution in [3.05, 3.63) is 0 Å². The third kappa shape index (κ3) is 7.20. The number of hydrogen-bond donors (Lipinski definition) is 1. The number of rotatable bonds is 6. The van der Waals surface area contributed by atoms with E-state index in [1.165, 1.54) is 12.8 Å². The van der Waals surface area contributed by atoms with Crippen LogP contribution in [0.25, 0.3) is 0 Å². The van der Waals surface area contributed by atoms with Crippen molar-refractivity contribution in [1.82, 2.24) is 5.32 Å². The molecule has 1 aliphatic rings. The molecule has 1 N–H and O–H groups in total. The van der Waals surface area contributed by atoms with Gasteiger partial charge in [-0.2, -0.15) is 0 Å². The van der Waals surface area contributed by atoms with Crippen molar-refractivity contribution >= 4 is 0 Å². The van der Waals surface area contributed by atoms with Gasteiger partial charge in [0.1, 0.15) is 0 Å². The molecule has 0 aliphatic carbocycles. The molecular formula is C13H27NO2. The first kappa shape index (κ1) is 13.9. The molecule has 1 aliphatic heterocycles. The molecule has 0 aromatic heterocycles. The van der Waals surface area contributed by atoms with E-state index in [-0.39, 0.29) is 5.60 Å². The minimum Gasteiger partial charge on any atom is -0.378 e. The molecule has 0 saturated carbocycles. The Morgan fingerprint density at radius 3 is 2.31 bits per heavy atom. The van der Waals surface area contributed by atoms with E-state index in [0.29, 0.717) is 6.10 Å². The molecule has 0 spiro atoms. The van der Waals surface area contributed by atoms with Gasteiger partial charge in [0.25, 0.3) is 0 Å². The predicted octanol–water partition coefficient (Wildman–Crippen LogP) is 2.35. The lowest BCUT2D eigenvalue weighted by Crippen LogP contribution is -2.32. The van der Waals surface area contributed by atoms with Crippen LogP contribution in [-0.4, -0.2) is 38.0 Å². The fourth-order valence-electron chi connectivity index (χ4n) is 1.79. The number of hydrogen-bond acceptors (Lipinski definition) is 3. The molecule has 0 amide bonds. The number of piperidine rings is 1. The molecule has 1 heterocycles. The summed E-state index contributed by atoms with van der Waals surface area (Å²) in [7, 11) is 0. The van der Waals surface area contributed by atoms with Crippen molar-refractivity contribution < 1.29 is 9.47 Å². The smallest absolute Gasteiger partial charge is 0.0599 e. The first-order valence-electron chi connectivity index (χ1n) is 6.54. The van der Waals surface area contributed by atoms with Gasteiger partial charge >= 0.3 is 0 Å². The first-order valence-corrected chi connectivity index (χ1v) is 6.54. The van der Waals surface area contributed by atoms with Gasteiger partial charge in [-0.1, -0.05) is 0 Å². The SMILES string of the molecule is CC(C)(C)OCCCCOC1CCNCC1. The van der Waals surface area contributed by atoms with E-state index < -0.39 is 0 Å². The molecule has 1 fully saturated rings. The van der Waals surface area contributed by atoms with E-state index in [1.807, 2.05) is 0 Å². The van der Waals surface area contributed by atoms with Gasteiger partial charge in [-0.05, 0) is 59.5 Å². The van der Waals surface area contributed by atoms with E-state index in [1.54, 1.807) is 0 Å². The third-order valence-electron chi connectivity index (χ3n) is 2.71. The van der Waals surface area contributed by atoms with E-state index in [9.17, 15) is 0 Å². The maximum absolute atomic E-state index is 5.82. The monoisotopic (exact) mass is 229 g/mol. The Hall–Kier alpha value is -0.120. The maximum atomic E-state index is 5.82. The highest BCUT2D eigenvalue weighted by Gasteiger charge is 2.13. The van der Waals surface area contributed by atoms with Crippen molar-refractivity contribution in [2.75, 3.05) is 26.3 Å². The van der Waals surface area contributed by atoms with Crippen molar-refractivity contribution in [2.45, 2.75) is 58.2 Å². The third-order valence-corrected chi connectivity index (χ3v) is 2.71. The molecule has 0 bridgehead atoms. The summed E-state index contributed by atoms with van der Waals surface area (Å²) in [5.41, 5.74) is -0.00407. The summed E-state index contributed by atoms with van der Waals surface area (Å²) >= 11 is 0. The van der Waals surface area contributed by atoms with Crippen LogP contribution in [0.1, 0.15) is 46.5 Å². The van der Waals surface area contributed by atoms with Crippen molar-refractivity contribution in [3.63, 3.8) is 0 Å². The summed E-state index contributed by atoms with van der Waals surface area (Å²) in [6, 6.07) is 0. The van der Waals surface area contributed by atoms with Crippen LogP contribution in [0.3, 0.4) is 0 Å². The quantitative estimate of drug-likeness (QED) is 0.709. The highest BCUT2D eigenvalue weighted by atomic mass is 16.5. The van der Waals surface area contributed by atoms with E-state index in [4.69, 9.17) is 9.47 Å². The average Bonchev–Trinajstić information content (AvgIpc) is 2.23. The van der Waals surface area contributed by atoms with Gasteiger partial charge in [-0.15, -0.1) is 0 Å². The van der Waals surface area contributed by atoms with Gasteiger partial charge in [0.15, 0.2) is 0 Å². The highest BCUT2D eigenvalue weighted by molar-refractivity contribution is 4.68. The molecule has 1 saturated heterocycles. The largest absolute Gasteiger partial charge is 0.378 e. The van der Waals surface area contributed by atoms with Gasteiger partial charge in [0, 0.05) is 13.2 Å². The zero-order valence-electron chi connectivity index (χ0n) is 11.1. The van der Waals surface area contributed by atoms with Crippen LogP contribution in [0.15, 0.2) is 0 Å². The summed E-state index contributed by atoms with van der Waals surface area (Å²) in [4.78, 5) is 0. The zero-order valence-corrected chi connectivity index (χ0v) is 11.1. The second kappa shape index (κ2) is 7.25. The normalized spacial score (nSPS) is 18.9. The second-order valence-corrected chi connectivity index (χ2v) is 5.49. The van der Waals surface area contributed by atoms with E-state index in [0.717, 1.165) is 39.1 Å². The van der Waals surface area contributed by atoms with Gasteiger partial charge in [-0.3, -0.25) is 0 Å². The lowest BCUT2D eigenvalue weighted by atomic mass is 10.1. The van der Waals surface area contributed by atoms with Crippen LogP contribution < -0.4 is 5.32 Å². The van der Waals surface area contributed by atoms with Crippen LogP contribution in [0, 0.1) is 0 Å². The first-order chi connectivity index (χ1) is 7.58. The van der Waals surface area contributed by atoms with Crippen LogP contribution in [-0.2, 0) is 9.47 Å². The average molecular weight is 229 g/mol. The minimum absolute atomic E-state index is 0.00407. The standard InChI is InChI=1S/C13H27NO2/c1-13(2,3)16-11-5-4-10-15-12-6-8-14-9-7-12/h12,14H,4-11H2,1-3H3. The molecule has 3 nitrogen and oxygen atoms in total. The second-order valence-electron chi connectivity index (χ2n) is 5.49. The minimum atomic E-state index is -0.00407. The van der Waals surface area contributed by atoms with E-state index in [2.05, 4.69) is 26.1 Å². The Bertz CT molecular complexity index is 171. The van der Waals surface area contributed by atoms with Gasteiger partial charge < -0.3 is 14.8 Å². The fraction of sp³-hybridized carbons (Fsp3) is 1.00. The molecule has 96 valence electrons. The van der Waals surface area contributed by atoms with Crippen LogP contribution in [0.4, 0.5) is 0 Å². The number of unbranched alkanes of at least 4 members (excludes halogenated alkanes) is 1. The Morgan fingerprint density at radius 2 is 1.69 bits per heavy atom. The predicted molar refractivity (Wildman–Crippen MR) is 66.8 cm³/mol. The van der Waals surface area contributed by atoms with Gasteiger partial charge in [0.05, 0.1) is 11.7 Å². The molecule has 0 aromatic rings. The van der Waals surface area contributed by atoms with Gasteiger partial charge in [0.2, 0.25) is 0 Å². The van der Waals surface area contributed by atoms with Crippen LogP contribution in [0.5, 0.6) is 0 Å². The van der Waals surface area contributed by atoms with Crippen LogP contribution in [0.2, 0.25) is 0 Å². The lowest BCUT2D eigenvalue weighted by Gasteiger charge is -2.23. The maximum Gasteiger partial charge on any atom is 0.0599 e. The number of ether oxygens (including phenoxy) is 2. The molecule has 0 unspecified atom stereocenters. The van der Waals surface area contributed by atoms with Gasteiger partial charge in [-0.25, -0.2) is 0 Å². The highest BCUT2D eigenvalue weighted by Crippen LogP contribution is 2.10. The molecule has 0 atom stereocenters. The molecule has 16 heavy (non-hydrogen) atoms.